The van der Waals surface area contributed by atoms with Crippen LogP contribution in [0.4, 0.5) is 0 Å². The first-order chi connectivity index (χ1) is 15.6. The Kier molecular flexibility index (Phi) is 6.61. The second-order valence-electron chi connectivity index (χ2n) is 7.01. The van der Waals surface area contributed by atoms with E-state index in [9.17, 15) is 4.79 Å². The molecule has 0 N–H and O–H groups in total. The molecule has 4 aromatic rings. The summed E-state index contributed by atoms with van der Waals surface area (Å²) >= 11 is 3.48. The van der Waals surface area contributed by atoms with Crippen LogP contribution >= 0.6 is 15.9 Å². The highest BCUT2D eigenvalue weighted by atomic mass is 79.9. The van der Waals surface area contributed by atoms with Gasteiger partial charge in [-0.25, -0.2) is 0 Å². The van der Waals surface area contributed by atoms with Gasteiger partial charge in [0.2, 0.25) is 0 Å². The van der Waals surface area contributed by atoms with E-state index in [0.717, 1.165) is 21.0 Å². The first-order valence-corrected chi connectivity index (χ1v) is 10.7. The van der Waals surface area contributed by atoms with Crippen molar-refractivity contribution in [3.05, 3.63) is 94.4 Å². The topological polar surface area (TPSA) is 57.9 Å². The van der Waals surface area contributed by atoms with Crippen molar-refractivity contribution in [1.82, 2.24) is 0 Å². The highest BCUT2D eigenvalue weighted by molar-refractivity contribution is 9.10. The largest absolute Gasteiger partial charge is 0.497 e. The van der Waals surface area contributed by atoms with Crippen LogP contribution in [0.15, 0.2) is 81.7 Å². The smallest absolute Gasteiger partial charge is 0.189 e. The lowest BCUT2D eigenvalue weighted by Crippen LogP contribution is -1.99. The quantitative estimate of drug-likeness (QED) is 0.202. The van der Waals surface area contributed by atoms with E-state index in [2.05, 4.69) is 22.0 Å². The number of ketones is 1. The Hall–Kier alpha value is -3.51. The number of hydrogen-bond donors (Lipinski definition) is 0. The van der Waals surface area contributed by atoms with Gasteiger partial charge in [-0.15, -0.1) is 0 Å². The Morgan fingerprint density at radius 3 is 2.50 bits per heavy atom. The summed E-state index contributed by atoms with van der Waals surface area (Å²) in [5.74, 6) is 2.83. The zero-order valence-electron chi connectivity index (χ0n) is 17.6. The third kappa shape index (κ3) is 5.03. The number of fused-ring (bicyclic) bond motifs is 1. The molecule has 0 bridgehead atoms. The SMILES string of the molecule is COc1ccc(OC)c(C(=O)/C=C/c2ccc(COc3ccc4cc(Br)ccc4c3)o2)c1. The van der Waals surface area contributed by atoms with Crippen LogP contribution in [-0.2, 0) is 6.61 Å². The Morgan fingerprint density at radius 1 is 0.906 bits per heavy atom. The van der Waals surface area contributed by atoms with Gasteiger partial charge >= 0.3 is 0 Å². The molecule has 1 aromatic heterocycles. The van der Waals surface area contributed by atoms with E-state index in [1.54, 1.807) is 37.5 Å². The van der Waals surface area contributed by atoms with Crippen LogP contribution in [0.5, 0.6) is 17.2 Å². The molecular formula is C26H21BrO5. The number of methoxy groups -OCH3 is 2. The highest BCUT2D eigenvalue weighted by Crippen LogP contribution is 2.26. The summed E-state index contributed by atoms with van der Waals surface area (Å²) in [6.45, 7) is 0.285. The minimum Gasteiger partial charge on any atom is -0.497 e. The molecule has 0 aliphatic heterocycles. The van der Waals surface area contributed by atoms with E-state index >= 15 is 0 Å². The van der Waals surface area contributed by atoms with Gasteiger partial charge in [0.1, 0.15) is 35.4 Å². The number of benzene rings is 3. The van der Waals surface area contributed by atoms with E-state index < -0.39 is 0 Å². The molecule has 4 rings (SSSR count). The fourth-order valence-corrected chi connectivity index (χ4v) is 3.63. The van der Waals surface area contributed by atoms with Crippen LogP contribution in [0.3, 0.4) is 0 Å². The van der Waals surface area contributed by atoms with Gasteiger partial charge in [-0.2, -0.15) is 0 Å². The first kappa shape index (κ1) is 21.7. The van der Waals surface area contributed by atoms with Crippen LogP contribution in [0.25, 0.3) is 16.8 Å². The molecule has 32 heavy (non-hydrogen) atoms. The minimum absolute atomic E-state index is 0.210. The lowest BCUT2D eigenvalue weighted by Gasteiger charge is -2.07. The summed E-state index contributed by atoms with van der Waals surface area (Å²) < 4.78 is 23.2. The molecule has 0 unspecified atom stereocenters. The van der Waals surface area contributed by atoms with Gasteiger partial charge < -0.3 is 18.6 Å². The summed E-state index contributed by atoms with van der Waals surface area (Å²) in [5, 5.41) is 2.23. The van der Waals surface area contributed by atoms with Crippen LogP contribution in [0.2, 0.25) is 0 Å². The second-order valence-corrected chi connectivity index (χ2v) is 7.93. The zero-order valence-corrected chi connectivity index (χ0v) is 19.2. The number of allylic oxidation sites excluding steroid dienone is 1. The maximum atomic E-state index is 12.6. The number of ether oxygens (including phenoxy) is 3. The standard InChI is InChI=1S/C26H21BrO5/c1-29-21-10-12-26(30-2)24(15-21)25(28)11-9-20-7-8-23(32-20)16-31-22-6-4-17-13-19(27)5-3-18(17)14-22/h3-15H,16H2,1-2H3/b11-9+. The molecule has 0 atom stereocenters. The van der Waals surface area contributed by atoms with Crippen LogP contribution in [0.1, 0.15) is 21.9 Å². The van der Waals surface area contributed by atoms with Crippen molar-refractivity contribution in [2.75, 3.05) is 14.2 Å². The summed E-state index contributed by atoms with van der Waals surface area (Å²) in [7, 11) is 3.07. The van der Waals surface area contributed by atoms with Crippen molar-refractivity contribution >= 4 is 38.6 Å². The molecule has 1 heterocycles. The molecule has 0 spiro atoms. The normalized spacial score (nSPS) is 11.1. The molecule has 5 nitrogen and oxygen atoms in total. The summed E-state index contributed by atoms with van der Waals surface area (Å²) in [5.41, 5.74) is 0.418. The van der Waals surface area contributed by atoms with Crippen LogP contribution in [-0.4, -0.2) is 20.0 Å². The number of carbonyl (C=O) groups excluding carboxylic acids is 1. The molecule has 0 aliphatic rings. The average Bonchev–Trinajstić information content (AvgIpc) is 3.28. The van der Waals surface area contributed by atoms with Crippen molar-refractivity contribution in [1.29, 1.82) is 0 Å². The van der Waals surface area contributed by atoms with Gasteiger partial charge in [-0.05, 0) is 77.5 Å². The van der Waals surface area contributed by atoms with E-state index in [-0.39, 0.29) is 12.4 Å². The fraction of sp³-hybridized carbons (Fsp3) is 0.115. The Labute approximate surface area is 194 Å². The lowest BCUT2D eigenvalue weighted by molar-refractivity contribution is 0.104. The number of halogens is 1. The molecule has 0 fully saturated rings. The maximum Gasteiger partial charge on any atom is 0.189 e. The van der Waals surface area contributed by atoms with Crippen molar-refractivity contribution in [3.8, 4) is 17.2 Å². The molecule has 162 valence electrons. The second kappa shape index (κ2) is 9.75. The van der Waals surface area contributed by atoms with Gasteiger partial charge in [0, 0.05) is 4.47 Å². The molecule has 0 amide bonds. The molecule has 0 radical (unpaired) electrons. The maximum absolute atomic E-state index is 12.6. The molecule has 0 saturated carbocycles. The fourth-order valence-electron chi connectivity index (χ4n) is 3.25. The van der Waals surface area contributed by atoms with Crippen molar-refractivity contribution in [2.24, 2.45) is 0 Å². The Bertz CT molecular complexity index is 1290. The predicted molar refractivity (Wildman–Crippen MR) is 128 cm³/mol. The summed E-state index contributed by atoms with van der Waals surface area (Å²) in [6.07, 6.45) is 3.07. The number of hydrogen-bond acceptors (Lipinski definition) is 5. The molecular weight excluding hydrogens is 472 g/mol. The van der Waals surface area contributed by atoms with E-state index in [1.165, 1.54) is 13.2 Å². The van der Waals surface area contributed by atoms with Gasteiger partial charge in [0.15, 0.2) is 5.78 Å². The van der Waals surface area contributed by atoms with Crippen molar-refractivity contribution in [3.63, 3.8) is 0 Å². The van der Waals surface area contributed by atoms with Crippen LogP contribution < -0.4 is 14.2 Å². The number of rotatable bonds is 8. The third-order valence-electron chi connectivity index (χ3n) is 4.91. The molecule has 0 saturated heterocycles. The van der Waals surface area contributed by atoms with Gasteiger partial charge in [0.25, 0.3) is 0 Å². The summed E-state index contributed by atoms with van der Waals surface area (Å²) in [6, 6.07) is 20.8. The molecule has 0 aliphatic carbocycles. The Morgan fingerprint density at radius 2 is 1.69 bits per heavy atom. The van der Waals surface area contributed by atoms with Gasteiger partial charge in [-0.1, -0.05) is 28.1 Å². The zero-order chi connectivity index (χ0) is 22.5. The summed E-state index contributed by atoms with van der Waals surface area (Å²) in [4.78, 5) is 12.6. The van der Waals surface area contributed by atoms with E-state index in [1.807, 2.05) is 36.4 Å². The third-order valence-corrected chi connectivity index (χ3v) is 5.40. The monoisotopic (exact) mass is 492 g/mol. The lowest BCUT2D eigenvalue weighted by atomic mass is 10.1. The van der Waals surface area contributed by atoms with E-state index in [4.69, 9.17) is 18.6 Å². The highest BCUT2D eigenvalue weighted by Gasteiger charge is 2.11. The number of furan rings is 1. The van der Waals surface area contributed by atoms with Gasteiger partial charge in [0.05, 0.1) is 19.8 Å². The van der Waals surface area contributed by atoms with Crippen LogP contribution in [0, 0.1) is 0 Å². The minimum atomic E-state index is -0.210. The van der Waals surface area contributed by atoms with E-state index in [0.29, 0.717) is 28.6 Å². The Balaban J connectivity index is 1.41. The first-order valence-electron chi connectivity index (χ1n) is 9.91. The number of carbonyl (C=O) groups is 1. The van der Waals surface area contributed by atoms with Gasteiger partial charge in [-0.3, -0.25) is 4.79 Å². The van der Waals surface area contributed by atoms with Crippen molar-refractivity contribution < 1.29 is 23.4 Å². The van der Waals surface area contributed by atoms with Crippen molar-refractivity contribution in [2.45, 2.75) is 6.61 Å². The predicted octanol–water partition coefficient (Wildman–Crippen LogP) is 6.69. The molecule has 3 aromatic carbocycles. The molecule has 6 heteroatoms. The average molecular weight is 493 g/mol.